The first kappa shape index (κ1) is 31.5. The number of anilines is 1. The van der Waals surface area contributed by atoms with Gasteiger partial charge in [-0.15, -0.1) is 0 Å². The molecule has 0 bridgehead atoms. The second-order valence-electron chi connectivity index (χ2n) is 11.8. The molecule has 0 saturated carbocycles. The van der Waals surface area contributed by atoms with E-state index in [0.717, 1.165) is 34.4 Å². The maximum atomic E-state index is 13.2. The molecule has 2 saturated heterocycles. The van der Waals surface area contributed by atoms with E-state index in [1.54, 1.807) is 0 Å². The summed E-state index contributed by atoms with van der Waals surface area (Å²) in [4.78, 5) is 26.3. The Morgan fingerprint density at radius 3 is 2.23 bits per heavy atom. The van der Waals surface area contributed by atoms with Crippen molar-refractivity contribution in [3.63, 3.8) is 0 Å². The van der Waals surface area contributed by atoms with Crippen LogP contribution >= 0.6 is 0 Å². The van der Waals surface area contributed by atoms with E-state index in [2.05, 4.69) is 16.0 Å². The third-order valence-corrected chi connectivity index (χ3v) is 8.43. The summed E-state index contributed by atoms with van der Waals surface area (Å²) in [5.41, 5.74) is 5.07. The van der Waals surface area contributed by atoms with E-state index in [4.69, 9.17) is 14.2 Å². The van der Waals surface area contributed by atoms with Crippen LogP contribution in [0.4, 0.5) is 10.5 Å². The highest BCUT2D eigenvalue weighted by Crippen LogP contribution is 2.33. The van der Waals surface area contributed by atoms with Crippen molar-refractivity contribution in [1.29, 1.82) is 0 Å². The van der Waals surface area contributed by atoms with Gasteiger partial charge in [-0.05, 0) is 61.8 Å². The zero-order valence-corrected chi connectivity index (χ0v) is 25.4. The zero-order chi connectivity index (χ0) is 30.9. The summed E-state index contributed by atoms with van der Waals surface area (Å²) in [7, 11) is 0. The standard InChI is InChI=1S/C35H43N3O6/c1-23-10-9-11-24(2)33(23)36-21-32(40)37-27(18-25-12-5-3-6-13-25)20-30(39)29(19-26-14-7-4-8-15-26)38-35(41)44-31-22-43-34-28(31)16-17-42-34/h3-15,27-31,34,36,39H,16-22H2,1-2H3,(H,37,40)(H,38,41)/t27-,28-,29-,30-,31-,34+/m0/s1. The third-order valence-electron chi connectivity index (χ3n) is 8.43. The van der Waals surface area contributed by atoms with E-state index in [1.165, 1.54) is 0 Å². The summed E-state index contributed by atoms with van der Waals surface area (Å²) in [5.74, 6) is -0.164. The molecule has 44 heavy (non-hydrogen) atoms. The fraction of sp³-hybridized carbons (Fsp3) is 0.429. The molecule has 234 valence electrons. The SMILES string of the molecule is Cc1cccc(C)c1NCC(=O)N[C@@H](Cc1ccccc1)C[C@H](O)[C@H](Cc1ccccc1)NC(=O)O[C@H]1CO[C@H]2OCC[C@H]21. The number of carbonyl (C=O) groups is 2. The average Bonchev–Trinajstić information content (AvgIpc) is 3.63. The van der Waals surface area contributed by atoms with Crippen LogP contribution in [-0.4, -0.2) is 67.4 Å². The van der Waals surface area contributed by atoms with E-state index in [0.29, 0.717) is 19.4 Å². The van der Waals surface area contributed by atoms with E-state index >= 15 is 0 Å². The van der Waals surface area contributed by atoms with Gasteiger partial charge in [0.15, 0.2) is 6.29 Å². The van der Waals surface area contributed by atoms with Crippen molar-refractivity contribution >= 4 is 17.7 Å². The Bertz CT molecular complexity index is 1350. The lowest BCUT2D eigenvalue weighted by atomic mass is 9.93. The van der Waals surface area contributed by atoms with E-state index in [1.807, 2.05) is 92.7 Å². The molecule has 0 aliphatic carbocycles. The second-order valence-corrected chi connectivity index (χ2v) is 11.8. The van der Waals surface area contributed by atoms with Crippen LogP contribution in [0.25, 0.3) is 0 Å². The number of carbonyl (C=O) groups excluding carboxylic acids is 2. The summed E-state index contributed by atoms with van der Waals surface area (Å²) in [6.07, 6.45) is -0.370. The van der Waals surface area contributed by atoms with Crippen LogP contribution in [-0.2, 0) is 31.8 Å². The number of ether oxygens (including phenoxy) is 3. The van der Waals surface area contributed by atoms with Crippen LogP contribution in [0.3, 0.4) is 0 Å². The molecule has 2 aliphatic heterocycles. The molecule has 0 aromatic heterocycles. The summed E-state index contributed by atoms with van der Waals surface area (Å²) in [5, 5.41) is 20.9. The van der Waals surface area contributed by atoms with E-state index in [9.17, 15) is 14.7 Å². The number of amides is 2. The van der Waals surface area contributed by atoms with Crippen LogP contribution in [0.15, 0.2) is 78.9 Å². The largest absolute Gasteiger partial charge is 0.443 e. The van der Waals surface area contributed by atoms with Gasteiger partial charge in [0.25, 0.3) is 0 Å². The molecule has 2 aliphatic rings. The highest BCUT2D eigenvalue weighted by molar-refractivity contribution is 5.81. The molecule has 0 spiro atoms. The topological polar surface area (TPSA) is 118 Å². The van der Waals surface area contributed by atoms with Crippen molar-refractivity contribution in [3.05, 3.63) is 101 Å². The number of hydrogen-bond donors (Lipinski definition) is 4. The number of aryl methyl sites for hydroxylation is 2. The zero-order valence-electron chi connectivity index (χ0n) is 25.4. The first-order valence-corrected chi connectivity index (χ1v) is 15.4. The smallest absolute Gasteiger partial charge is 0.407 e. The number of benzene rings is 3. The molecule has 6 atom stereocenters. The first-order valence-electron chi connectivity index (χ1n) is 15.4. The summed E-state index contributed by atoms with van der Waals surface area (Å²) in [6, 6.07) is 24.5. The number of aliphatic hydroxyl groups excluding tert-OH is 1. The number of aliphatic hydroxyl groups is 1. The maximum absolute atomic E-state index is 13.2. The minimum Gasteiger partial charge on any atom is -0.443 e. The van der Waals surface area contributed by atoms with Gasteiger partial charge in [0, 0.05) is 11.7 Å². The van der Waals surface area contributed by atoms with Gasteiger partial charge < -0.3 is 35.3 Å². The molecule has 2 heterocycles. The quantitative estimate of drug-likeness (QED) is 0.231. The van der Waals surface area contributed by atoms with Crippen LogP contribution in [0.5, 0.6) is 0 Å². The predicted molar refractivity (Wildman–Crippen MR) is 168 cm³/mol. The Morgan fingerprint density at radius 2 is 1.55 bits per heavy atom. The van der Waals surface area contributed by atoms with Gasteiger partial charge in [-0.1, -0.05) is 78.9 Å². The van der Waals surface area contributed by atoms with Crippen molar-refractivity contribution in [2.75, 3.05) is 25.1 Å². The van der Waals surface area contributed by atoms with Gasteiger partial charge >= 0.3 is 6.09 Å². The molecule has 2 fully saturated rings. The molecular weight excluding hydrogens is 558 g/mol. The first-order chi connectivity index (χ1) is 21.4. The molecule has 3 aromatic rings. The lowest BCUT2D eigenvalue weighted by Gasteiger charge is -2.29. The minimum absolute atomic E-state index is 0.0146. The summed E-state index contributed by atoms with van der Waals surface area (Å²) >= 11 is 0. The molecule has 2 amide bonds. The average molecular weight is 602 g/mol. The number of rotatable bonds is 13. The number of para-hydroxylation sites is 1. The van der Waals surface area contributed by atoms with Gasteiger partial charge in [-0.2, -0.15) is 0 Å². The van der Waals surface area contributed by atoms with Crippen LogP contribution in [0, 0.1) is 19.8 Å². The Kier molecular flexibility index (Phi) is 10.9. The van der Waals surface area contributed by atoms with Crippen molar-refractivity contribution in [3.8, 4) is 0 Å². The summed E-state index contributed by atoms with van der Waals surface area (Å²) < 4.78 is 16.9. The van der Waals surface area contributed by atoms with Gasteiger partial charge in [0.1, 0.15) is 6.10 Å². The Labute approximate surface area is 259 Å². The fourth-order valence-corrected chi connectivity index (χ4v) is 6.11. The van der Waals surface area contributed by atoms with Crippen molar-refractivity contribution < 1.29 is 28.9 Å². The molecule has 0 radical (unpaired) electrons. The Balaban J connectivity index is 1.26. The van der Waals surface area contributed by atoms with Gasteiger partial charge in [0.2, 0.25) is 5.91 Å². The van der Waals surface area contributed by atoms with E-state index < -0.39 is 24.3 Å². The monoisotopic (exact) mass is 601 g/mol. The van der Waals surface area contributed by atoms with Gasteiger partial charge in [0.05, 0.1) is 37.8 Å². The molecule has 0 unspecified atom stereocenters. The number of fused-ring (bicyclic) bond motifs is 1. The molecule has 9 heteroatoms. The molecule has 5 rings (SSSR count). The number of hydrogen-bond acceptors (Lipinski definition) is 7. The van der Waals surface area contributed by atoms with Gasteiger partial charge in [-0.25, -0.2) is 4.79 Å². The molecule has 3 aromatic carbocycles. The summed E-state index contributed by atoms with van der Waals surface area (Å²) in [6.45, 7) is 4.98. The number of nitrogens with one attached hydrogen (secondary N) is 3. The van der Waals surface area contributed by atoms with Crippen LogP contribution in [0.1, 0.15) is 35.1 Å². The number of alkyl carbamates (subject to hydrolysis) is 1. The minimum atomic E-state index is -0.967. The Hall–Kier alpha value is -3.92. The third kappa shape index (κ3) is 8.59. The fourth-order valence-electron chi connectivity index (χ4n) is 6.11. The second kappa shape index (κ2) is 15.2. The van der Waals surface area contributed by atoms with Gasteiger partial charge in [-0.3, -0.25) is 4.79 Å². The van der Waals surface area contributed by atoms with E-state index in [-0.39, 0.29) is 43.7 Å². The normalized spacial score (nSPS) is 21.1. The highest BCUT2D eigenvalue weighted by atomic mass is 16.7. The van der Waals surface area contributed by atoms with Crippen molar-refractivity contribution in [2.24, 2.45) is 5.92 Å². The molecule has 4 N–H and O–H groups in total. The van der Waals surface area contributed by atoms with Crippen molar-refractivity contribution in [1.82, 2.24) is 10.6 Å². The Morgan fingerprint density at radius 1 is 0.886 bits per heavy atom. The molecular formula is C35H43N3O6. The van der Waals surface area contributed by atoms with Crippen LogP contribution < -0.4 is 16.0 Å². The predicted octanol–water partition coefficient (Wildman–Crippen LogP) is 4.29. The van der Waals surface area contributed by atoms with Crippen molar-refractivity contribution in [2.45, 2.75) is 70.1 Å². The van der Waals surface area contributed by atoms with Crippen LogP contribution in [0.2, 0.25) is 0 Å². The lowest BCUT2D eigenvalue weighted by Crippen LogP contribution is -2.50. The highest BCUT2D eigenvalue weighted by Gasteiger charge is 2.44. The lowest BCUT2D eigenvalue weighted by molar-refractivity contribution is -0.120. The maximum Gasteiger partial charge on any atom is 0.407 e. The molecule has 9 nitrogen and oxygen atoms in total.